The Kier molecular flexibility index (Phi) is 2.67. The second-order valence-corrected chi connectivity index (χ2v) is 5.00. The van der Waals surface area contributed by atoms with E-state index in [4.69, 9.17) is 0 Å². The molecule has 1 unspecified atom stereocenters. The third-order valence-electron chi connectivity index (χ3n) is 3.39. The van der Waals surface area contributed by atoms with Crippen molar-refractivity contribution in [2.24, 2.45) is 0 Å². The largest absolute Gasteiger partial charge is 0.306 e. The van der Waals surface area contributed by atoms with Crippen molar-refractivity contribution in [3.05, 3.63) is 30.0 Å². The van der Waals surface area contributed by atoms with Crippen molar-refractivity contribution in [2.75, 3.05) is 0 Å². The van der Waals surface area contributed by atoms with Crippen molar-refractivity contribution in [3.8, 4) is 0 Å². The minimum Gasteiger partial charge on any atom is -0.306 e. The summed E-state index contributed by atoms with van der Waals surface area (Å²) in [5.41, 5.74) is 1.86. The van der Waals surface area contributed by atoms with E-state index in [2.05, 4.69) is 17.3 Å². The highest BCUT2D eigenvalue weighted by Crippen LogP contribution is 2.27. The average Bonchev–Trinajstić information content (AvgIpc) is 3.07. The van der Waals surface area contributed by atoms with E-state index < -0.39 is 0 Å². The number of fused-ring (bicyclic) bond motifs is 1. The molecule has 0 saturated heterocycles. The SMILES string of the molecule is CC(=O)n1nc(C(C)NC2CC2)c2ccccc21. The molecule has 1 atom stereocenters. The van der Waals surface area contributed by atoms with E-state index in [0.717, 1.165) is 16.6 Å². The molecular formula is C14H17N3O. The summed E-state index contributed by atoms with van der Waals surface area (Å²) < 4.78 is 1.50. The lowest BCUT2D eigenvalue weighted by atomic mass is 10.1. The van der Waals surface area contributed by atoms with Gasteiger partial charge in [0.15, 0.2) is 0 Å². The molecule has 1 N–H and O–H groups in total. The van der Waals surface area contributed by atoms with Crippen LogP contribution in [-0.4, -0.2) is 21.7 Å². The van der Waals surface area contributed by atoms with E-state index in [1.165, 1.54) is 17.5 Å². The van der Waals surface area contributed by atoms with E-state index in [-0.39, 0.29) is 11.9 Å². The fraction of sp³-hybridized carbons (Fsp3) is 0.429. The van der Waals surface area contributed by atoms with Crippen LogP contribution in [-0.2, 0) is 0 Å². The molecule has 18 heavy (non-hydrogen) atoms. The molecule has 0 radical (unpaired) electrons. The first-order valence-corrected chi connectivity index (χ1v) is 6.41. The van der Waals surface area contributed by atoms with Gasteiger partial charge in [-0.2, -0.15) is 9.78 Å². The molecule has 4 heteroatoms. The number of nitrogens with zero attached hydrogens (tertiary/aromatic N) is 2. The Labute approximate surface area is 106 Å². The van der Waals surface area contributed by atoms with Crippen LogP contribution in [0.15, 0.2) is 24.3 Å². The van der Waals surface area contributed by atoms with Gasteiger partial charge >= 0.3 is 0 Å². The summed E-state index contributed by atoms with van der Waals surface area (Å²) >= 11 is 0. The van der Waals surface area contributed by atoms with Gasteiger partial charge in [0.2, 0.25) is 5.91 Å². The lowest BCUT2D eigenvalue weighted by molar-refractivity contribution is 0.0926. The van der Waals surface area contributed by atoms with Crippen LogP contribution in [0.3, 0.4) is 0 Å². The monoisotopic (exact) mass is 243 g/mol. The maximum atomic E-state index is 11.6. The molecule has 2 aromatic rings. The second kappa shape index (κ2) is 4.21. The Bertz CT molecular complexity index is 598. The smallest absolute Gasteiger partial charge is 0.244 e. The molecule has 1 aliphatic carbocycles. The normalized spacial score (nSPS) is 17.0. The molecule has 0 amide bonds. The van der Waals surface area contributed by atoms with Crippen LogP contribution in [0.5, 0.6) is 0 Å². The van der Waals surface area contributed by atoms with Crippen LogP contribution in [0.4, 0.5) is 0 Å². The summed E-state index contributed by atoms with van der Waals surface area (Å²) in [5, 5.41) is 9.06. The number of benzene rings is 1. The average molecular weight is 243 g/mol. The van der Waals surface area contributed by atoms with E-state index in [1.807, 2.05) is 24.3 Å². The van der Waals surface area contributed by atoms with Crippen LogP contribution in [0, 0.1) is 0 Å². The van der Waals surface area contributed by atoms with Gasteiger partial charge in [-0.15, -0.1) is 0 Å². The number of hydrogen-bond acceptors (Lipinski definition) is 3. The van der Waals surface area contributed by atoms with Crippen LogP contribution >= 0.6 is 0 Å². The maximum Gasteiger partial charge on any atom is 0.244 e. The zero-order valence-electron chi connectivity index (χ0n) is 10.7. The lowest BCUT2D eigenvalue weighted by Gasteiger charge is -2.10. The fourth-order valence-electron chi connectivity index (χ4n) is 2.33. The van der Waals surface area contributed by atoms with Crippen molar-refractivity contribution in [1.29, 1.82) is 0 Å². The summed E-state index contributed by atoms with van der Waals surface area (Å²) in [6.45, 7) is 3.65. The van der Waals surface area contributed by atoms with Gasteiger partial charge in [0.25, 0.3) is 0 Å². The predicted octanol–water partition coefficient (Wildman–Crippen LogP) is 2.51. The highest BCUT2D eigenvalue weighted by molar-refractivity contribution is 5.91. The quantitative estimate of drug-likeness (QED) is 0.901. The van der Waals surface area contributed by atoms with Gasteiger partial charge in [0.1, 0.15) is 0 Å². The van der Waals surface area contributed by atoms with Crippen molar-refractivity contribution < 1.29 is 4.79 Å². The summed E-state index contributed by atoms with van der Waals surface area (Å²) in [4.78, 5) is 11.6. The first kappa shape index (κ1) is 11.4. The number of nitrogens with one attached hydrogen (secondary N) is 1. The molecule has 4 nitrogen and oxygen atoms in total. The van der Waals surface area contributed by atoms with Crippen molar-refractivity contribution in [2.45, 2.75) is 38.8 Å². The Balaban J connectivity index is 2.07. The molecule has 0 spiro atoms. The van der Waals surface area contributed by atoms with Gasteiger partial charge in [0, 0.05) is 24.4 Å². The second-order valence-electron chi connectivity index (χ2n) is 5.00. The van der Waals surface area contributed by atoms with E-state index in [1.54, 1.807) is 6.92 Å². The number of aromatic nitrogens is 2. The third-order valence-corrected chi connectivity index (χ3v) is 3.39. The fourth-order valence-corrected chi connectivity index (χ4v) is 2.33. The van der Waals surface area contributed by atoms with Gasteiger partial charge in [-0.3, -0.25) is 4.79 Å². The van der Waals surface area contributed by atoms with Gasteiger partial charge in [-0.1, -0.05) is 18.2 Å². The molecule has 1 aromatic carbocycles. The molecule has 0 bridgehead atoms. The Morgan fingerprint density at radius 2 is 2.17 bits per heavy atom. The molecule has 94 valence electrons. The Morgan fingerprint density at radius 3 is 2.83 bits per heavy atom. The van der Waals surface area contributed by atoms with Gasteiger partial charge in [-0.05, 0) is 25.8 Å². The van der Waals surface area contributed by atoms with Gasteiger partial charge in [-0.25, -0.2) is 0 Å². The van der Waals surface area contributed by atoms with Crippen molar-refractivity contribution >= 4 is 16.8 Å². The molecule has 1 heterocycles. The number of carbonyl (C=O) groups excluding carboxylic acids is 1. The summed E-state index contributed by atoms with van der Waals surface area (Å²) in [7, 11) is 0. The number of para-hydroxylation sites is 1. The summed E-state index contributed by atoms with van der Waals surface area (Å²) in [6.07, 6.45) is 2.49. The van der Waals surface area contributed by atoms with Gasteiger partial charge < -0.3 is 5.32 Å². The number of hydrogen-bond donors (Lipinski definition) is 1. The molecule has 1 aliphatic rings. The van der Waals surface area contributed by atoms with Crippen LogP contribution < -0.4 is 5.32 Å². The number of rotatable bonds is 3. The zero-order chi connectivity index (χ0) is 12.7. The highest BCUT2D eigenvalue weighted by atomic mass is 16.2. The zero-order valence-corrected chi connectivity index (χ0v) is 10.7. The van der Waals surface area contributed by atoms with E-state index in [9.17, 15) is 4.79 Å². The third kappa shape index (κ3) is 1.93. The maximum absolute atomic E-state index is 11.6. The topological polar surface area (TPSA) is 46.9 Å². The Hall–Kier alpha value is -1.68. The molecule has 1 aromatic heterocycles. The lowest BCUT2D eigenvalue weighted by Crippen LogP contribution is -2.21. The van der Waals surface area contributed by atoms with Crippen LogP contribution in [0.25, 0.3) is 10.9 Å². The number of carbonyl (C=O) groups is 1. The molecule has 3 rings (SSSR count). The summed E-state index contributed by atoms with van der Waals surface area (Å²) in [6, 6.07) is 8.71. The van der Waals surface area contributed by atoms with Crippen molar-refractivity contribution in [3.63, 3.8) is 0 Å². The Morgan fingerprint density at radius 1 is 1.44 bits per heavy atom. The predicted molar refractivity (Wildman–Crippen MR) is 70.6 cm³/mol. The van der Waals surface area contributed by atoms with Crippen LogP contribution in [0.2, 0.25) is 0 Å². The molecule has 1 saturated carbocycles. The molecule has 1 fully saturated rings. The van der Waals surface area contributed by atoms with E-state index >= 15 is 0 Å². The summed E-state index contributed by atoms with van der Waals surface area (Å²) in [5.74, 6) is -0.0453. The molecule has 0 aliphatic heterocycles. The molecular weight excluding hydrogens is 226 g/mol. The minimum absolute atomic E-state index is 0.0453. The minimum atomic E-state index is -0.0453. The van der Waals surface area contributed by atoms with Crippen LogP contribution in [0.1, 0.15) is 43.2 Å². The standard InChI is InChI=1S/C14H17N3O/c1-9(15-11-7-8-11)14-12-5-3-4-6-13(12)17(16-14)10(2)18/h3-6,9,11,15H,7-8H2,1-2H3. The van der Waals surface area contributed by atoms with E-state index in [0.29, 0.717) is 6.04 Å². The van der Waals surface area contributed by atoms with Crippen molar-refractivity contribution in [1.82, 2.24) is 15.1 Å². The highest BCUT2D eigenvalue weighted by Gasteiger charge is 2.25. The first-order valence-electron chi connectivity index (χ1n) is 6.41. The van der Waals surface area contributed by atoms with Gasteiger partial charge in [0.05, 0.1) is 11.2 Å². The first-order chi connectivity index (χ1) is 8.66.